The van der Waals surface area contributed by atoms with Gasteiger partial charge in [-0.25, -0.2) is 4.98 Å². The van der Waals surface area contributed by atoms with E-state index in [1.165, 1.54) is 12.4 Å². The molecule has 1 atom stereocenters. The minimum atomic E-state index is -3.03. The van der Waals surface area contributed by atoms with Crippen LogP contribution in [0, 0.1) is 0 Å². The number of carbonyl (C=O) groups excluding carboxylic acids is 1. The Balaban J connectivity index is 1.69. The van der Waals surface area contributed by atoms with Crippen LogP contribution in [0.15, 0.2) is 18.5 Å². The van der Waals surface area contributed by atoms with E-state index in [1.54, 1.807) is 6.07 Å². The highest BCUT2D eigenvalue weighted by Crippen LogP contribution is 2.23. The summed E-state index contributed by atoms with van der Waals surface area (Å²) in [5.41, 5.74) is 0.949. The zero-order valence-corrected chi connectivity index (χ0v) is 13.1. The summed E-state index contributed by atoms with van der Waals surface area (Å²) < 4.78 is 36.0. The highest BCUT2D eigenvalue weighted by atomic mass is 35.5. The van der Waals surface area contributed by atoms with Crippen LogP contribution in [0.25, 0.3) is 11.0 Å². The number of alkyl halides is 2. The maximum Gasteiger partial charge on any atom is 0.315 e. The number of hydrogen-bond donors (Lipinski definition) is 0. The van der Waals surface area contributed by atoms with E-state index in [0.717, 1.165) is 4.90 Å². The van der Waals surface area contributed by atoms with Gasteiger partial charge in [-0.15, -0.1) is 0 Å². The van der Waals surface area contributed by atoms with Crippen molar-refractivity contribution < 1.29 is 23.0 Å². The van der Waals surface area contributed by atoms with E-state index < -0.39 is 18.4 Å². The van der Waals surface area contributed by atoms with Crippen LogP contribution >= 0.6 is 11.6 Å². The van der Waals surface area contributed by atoms with E-state index in [1.807, 2.05) is 0 Å². The van der Waals surface area contributed by atoms with Crippen molar-refractivity contribution in [3.8, 4) is 5.88 Å². The van der Waals surface area contributed by atoms with E-state index >= 15 is 0 Å². The van der Waals surface area contributed by atoms with Crippen LogP contribution < -0.4 is 4.74 Å². The molecule has 1 fully saturated rings. The molecule has 0 radical (unpaired) electrons. The largest absolute Gasteiger partial charge is 0.473 e. The third kappa shape index (κ3) is 3.68. The second-order valence-electron chi connectivity index (χ2n) is 5.06. The van der Waals surface area contributed by atoms with Gasteiger partial charge in [-0.2, -0.15) is 13.8 Å². The summed E-state index contributed by atoms with van der Waals surface area (Å²) in [7, 11) is 0. The van der Waals surface area contributed by atoms with E-state index in [9.17, 15) is 13.6 Å². The van der Waals surface area contributed by atoms with Crippen LogP contribution in [0.3, 0.4) is 0 Å². The predicted octanol–water partition coefficient (Wildman–Crippen LogP) is 1.55. The molecule has 0 N–H and O–H groups in total. The van der Waals surface area contributed by atoms with Gasteiger partial charge < -0.3 is 14.4 Å². The first-order valence-electron chi connectivity index (χ1n) is 7.13. The molecule has 7 nitrogen and oxygen atoms in total. The number of carbonyl (C=O) groups is 1. The fourth-order valence-electron chi connectivity index (χ4n) is 2.35. The molecule has 1 aliphatic heterocycles. The molecule has 10 heteroatoms. The predicted molar refractivity (Wildman–Crippen MR) is 80.2 cm³/mol. The van der Waals surface area contributed by atoms with Crippen molar-refractivity contribution in [1.29, 1.82) is 0 Å². The molecular formula is C14H13ClF2N4O3. The van der Waals surface area contributed by atoms with E-state index in [0.29, 0.717) is 11.0 Å². The topological polar surface area (TPSA) is 77.4 Å². The molecule has 0 saturated carbocycles. The molecular weight excluding hydrogens is 346 g/mol. The Morgan fingerprint density at radius 2 is 2.25 bits per heavy atom. The standard InChI is InChI=1S/C14H13ClF2N4O3/c15-10-5-9-11(19-2-1-18-9)13(20-10)24-7-8-6-21(3-4-23-8)14(22)12(16)17/h1-2,5,8,12H,3-4,6-7H2. The summed E-state index contributed by atoms with van der Waals surface area (Å²) in [5, 5.41) is 0.192. The minimum Gasteiger partial charge on any atom is -0.473 e. The number of ether oxygens (including phenoxy) is 2. The average Bonchev–Trinajstić information content (AvgIpc) is 2.59. The number of halogens is 3. The fourth-order valence-corrected chi connectivity index (χ4v) is 2.53. The summed E-state index contributed by atoms with van der Waals surface area (Å²) >= 11 is 5.92. The molecule has 1 saturated heterocycles. The van der Waals surface area contributed by atoms with Crippen molar-refractivity contribution in [3.63, 3.8) is 0 Å². The Morgan fingerprint density at radius 3 is 3.04 bits per heavy atom. The maximum atomic E-state index is 12.5. The van der Waals surface area contributed by atoms with Crippen LogP contribution in [-0.4, -0.2) is 64.6 Å². The molecule has 128 valence electrons. The Bertz CT molecular complexity index is 749. The molecule has 1 amide bonds. The number of nitrogens with zero attached hydrogens (tertiary/aromatic N) is 4. The minimum absolute atomic E-state index is 0.0199. The molecule has 1 aliphatic rings. The van der Waals surface area contributed by atoms with Gasteiger partial charge in [0.25, 0.3) is 5.91 Å². The quantitative estimate of drug-likeness (QED) is 0.772. The van der Waals surface area contributed by atoms with Gasteiger partial charge in [0, 0.05) is 25.0 Å². The Labute approximate surface area is 140 Å². The Morgan fingerprint density at radius 1 is 1.46 bits per heavy atom. The number of amides is 1. The lowest BCUT2D eigenvalue weighted by Crippen LogP contribution is -2.49. The molecule has 0 aromatic carbocycles. The average molecular weight is 359 g/mol. The van der Waals surface area contributed by atoms with Crippen LogP contribution in [0.5, 0.6) is 5.88 Å². The summed E-state index contributed by atoms with van der Waals surface area (Å²) in [6.45, 7) is 0.332. The lowest BCUT2D eigenvalue weighted by atomic mass is 10.3. The van der Waals surface area contributed by atoms with Gasteiger partial charge in [-0.05, 0) is 0 Å². The Kier molecular flexibility index (Phi) is 5.00. The normalized spacial score (nSPS) is 18.2. The molecule has 3 heterocycles. The van der Waals surface area contributed by atoms with Gasteiger partial charge in [0.2, 0.25) is 5.88 Å². The fraction of sp³-hybridized carbons (Fsp3) is 0.429. The zero-order valence-electron chi connectivity index (χ0n) is 12.4. The van der Waals surface area contributed by atoms with Gasteiger partial charge in [-0.1, -0.05) is 11.6 Å². The zero-order chi connectivity index (χ0) is 17.1. The van der Waals surface area contributed by atoms with E-state index in [2.05, 4.69) is 15.0 Å². The smallest absolute Gasteiger partial charge is 0.315 e. The van der Waals surface area contributed by atoms with Crippen molar-refractivity contribution in [2.24, 2.45) is 0 Å². The number of aromatic nitrogens is 3. The number of fused-ring (bicyclic) bond motifs is 1. The van der Waals surface area contributed by atoms with Crippen LogP contribution in [0.2, 0.25) is 5.15 Å². The molecule has 0 spiro atoms. The summed E-state index contributed by atoms with van der Waals surface area (Å²) in [6.07, 6.45) is -0.571. The van der Waals surface area contributed by atoms with Gasteiger partial charge in [0.05, 0.1) is 18.7 Å². The lowest BCUT2D eigenvalue weighted by Gasteiger charge is -2.32. The van der Waals surface area contributed by atoms with Crippen molar-refractivity contribution >= 4 is 28.5 Å². The highest BCUT2D eigenvalue weighted by Gasteiger charge is 2.29. The molecule has 0 aliphatic carbocycles. The monoisotopic (exact) mass is 358 g/mol. The van der Waals surface area contributed by atoms with E-state index in [-0.39, 0.29) is 37.3 Å². The van der Waals surface area contributed by atoms with Crippen molar-refractivity contribution in [2.45, 2.75) is 12.5 Å². The summed E-state index contributed by atoms with van der Waals surface area (Å²) in [6, 6.07) is 1.55. The summed E-state index contributed by atoms with van der Waals surface area (Å²) in [4.78, 5) is 24.7. The first-order chi connectivity index (χ1) is 11.5. The van der Waals surface area contributed by atoms with Crippen LogP contribution in [-0.2, 0) is 9.53 Å². The van der Waals surface area contributed by atoms with Gasteiger partial charge >= 0.3 is 6.43 Å². The molecule has 0 bridgehead atoms. The molecule has 24 heavy (non-hydrogen) atoms. The third-order valence-electron chi connectivity index (χ3n) is 3.44. The third-order valence-corrected chi connectivity index (χ3v) is 3.63. The number of pyridine rings is 1. The molecule has 3 rings (SSSR count). The van der Waals surface area contributed by atoms with Gasteiger partial charge in [-0.3, -0.25) is 9.78 Å². The maximum absolute atomic E-state index is 12.5. The van der Waals surface area contributed by atoms with Gasteiger partial charge in [0.15, 0.2) is 5.52 Å². The molecule has 2 aromatic heterocycles. The molecule has 1 unspecified atom stereocenters. The highest BCUT2D eigenvalue weighted by molar-refractivity contribution is 6.30. The SMILES string of the molecule is O=C(C(F)F)N1CCOC(COc2nc(Cl)cc3nccnc23)C1. The molecule has 2 aromatic rings. The van der Waals surface area contributed by atoms with Crippen molar-refractivity contribution in [3.05, 3.63) is 23.6 Å². The van der Waals surface area contributed by atoms with E-state index in [4.69, 9.17) is 21.1 Å². The van der Waals surface area contributed by atoms with Crippen molar-refractivity contribution in [1.82, 2.24) is 19.9 Å². The number of hydrogen-bond acceptors (Lipinski definition) is 6. The number of morpholine rings is 1. The van der Waals surface area contributed by atoms with Crippen LogP contribution in [0.4, 0.5) is 8.78 Å². The first-order valence-corrected chi connectivity index (χ1v) is 7.51. The van der Waals surface area contributed by atoms with Gasteiger partial charge in [0.1, 0.15) is 17.9 Å². The summed E-state index contributed by atoms with van der Waals surface area (Å²) in [5.74, 6) is -1.04. The van der Waals surface area contributed by atoms with Crippen LogP contribution in [0.1, 0.15) is 0 Å². The lowest BCUT2D eigenvalue weighted by molar-refractivity contribution is -0.151. The Hall–Kier alpha value is -2.13. The first kappa shape index (κ1) is 16.7. The van der Waals surface area contributed by atoms with Crippen molar-refractivity contribution in [2.75, 3.05) is 26.3 Å². The second kappa shape index (κ2) is 7.18. The second-order valence-corrected chi connectivity index (χ2v) is 5.45. The number of rotatable bonds is 4.